The summed E-state index contributed by atoms with van der Waals surface area (Å²) in [5, 5.41) is 12.4. The Kier molecular flexibility index (Phi) is 4.13. The molecule has 0 unspecified atom stereocenters. The smallest absolute Gasteiger partial charge is 0.341 e. The molecular weight excluding hydrogens is 298 g/mol. The molecule has 1 aromatic heterocycles. The van der Waals surface area contributed by atoms with Gasteiger partial charge in [-0.05, 0) is 24.3 Å². The van der Waals surface area contributed by atoms with E-state index >= 15 is 0 Å². The number of sulfonamides is 1. The van der Waals surface area contributed by atoms with Crippen molar-refractivity contribution in [3.05, 3.63) is 36.5 Å². The van der Waals surface area contributed by atoms with Gasteiger partial charge in [-0.1, -0.05) is 0 Å². The van der Waals surface area contributed by atoms with Crippen molar-refractivity contribution in [2.24, 2.45) is 7.05 Å². The molecule has 0 amide bonds. The molecule has 0 atom stereocenters. The van der Waals surface area contributed by atoms with Crippen LogP contribution in [0.4, 0.5) is 5.82 Å². The molecule has 0 saturated carbocycles. The number of carboxylic acids is 1. The Bertz CT molecular complexity index is 737. The molecule has 2 N–H and O–H groups in total. The molecular formula is C12H13N3O5S. The van der Waals surface area contributed by atoms with Crippen molar-refractivity contribution < 1.29 is 23.1 Å². The summed E-state index contributed by atoms with van der Waals surface area (Å²) in [4.78, 5) is 10.4. The zero-order valence-electron chi connectivity index (χ0n) is 11.1. The second-order valence-electron chi connectivity index (χ2n) is 4.10. The Morgan fingerprint density at radius 2 is 2.00 bits per heavy atom. The molecule has 0 fully saturated rings. The van der Waals surface area contributed by atoms with Crippen LogP contribution >= 0.6 is 0 Å². The molecule has 0 bridgehead atoms. The molecule has 2 aromatic rings. The second-order valence-corrected chi connectivity index (χ2v) is 5.78. The number of carbonyl (C=O) groups is 1. The molecule has 0 aliphatic carbocycles. The average molecular weight is 311 g/mol. The molecule has 1 heterocycles. The fraction of sp³-hybridized carbons (Fsp3) is 0.167. The van der Waals surface area contributed by atoms with Crippen molar-refractivity contribution in [3.63, 3.8) is 0 Å². The number of nitrogens with zero attached hydrogens (tertiary/aromatic N) is 2. The number of carboxylic acid groups (broad SMARTS) is 1. The van der Waals surface area contributed by atoms with Crippen LogP contribution in [0.2, 0.25) is 0 Å². The van der Waals surface area contributed by atoms with Crippen LogP contribution in [0, 0.1) is 0 Å². The standard InChI is InChI=1S/C12H13N3O5S/c1-15-11(6-7-13-15)14-21(18,19)10-4-2-9(3-5-10)20-8-12(16)17/h2-7,14H,8H2,1H3,(H,16,17). The van der Waals surface area contributed by atoms with E-state index < -0.39 is 22.6 Å². The lowest BCUT2D eigenvalue weighted by Crippen LogP contribution is -2.15. The van der Waals surface area contributed by atoms with Crippen LogP contribution in [0.1, 0.15) is 0 Å². The van der Waals surface area contributed by atoms with Gasteiger partial charge in [-0.25, -0.2) is 13.2 Å². The first-order chi connectivity index (χ1) is 9.88. The molecule has 21 heavy (non-hydrogen) atoms. The summed E-state index contributed by atoms with van der Waals surface area (Å²) in [6, 6.07) is 6.97. The molecule has 8 nitrogen and oxygen atoms in total. The summed E-state index contributed by atoms with van der Waals surface area (Å²) >= 11 is 0. The number of rotatable bonds is 6. The van der Waals surface area contributed by atoms with Gasteiger partial charge < -0.3 is 9.84 Å². The Morgan fingerprint density at radius 1 is 1.33 bits per heavy atom. The number of hydrogen-bond acceptors (Lipinski definition) is 5. The predicted octanol–water partition coefficient (Wildman–Crippen LogP) is 0.684. The number of aliphatic carboxylic acids is 1. The Balaban J connectivity index is 2.13. The normalized spacial score (nSPS) is 11.1. The maximum Gasteiger partial charge on any atom is 0.341 e. The Morgan fingerprint density at radius 3 is 2.52 bits per heavy atom. The minimum Gasteiger partial charge on any atom is -0.482 e. The molecule has 0 saturated heterocycles. The number of nitrogens with one attached hydrogen (secondary N) is 1. The monoisotopic (exact) mass is 311 g/mol. The quantitative estimate of drug-likeness (QED) is 0.812. The number of hydrogen-bond donors (Lipinski definition) is 2. The van der Waals surface area contributed by atoms with Gasteiger partial charge in [0.25, 0.3) is 10.0 Å². The second kappa shape index (κ2) is 5.83. The summed E-state index contributed by atoms with van der Waals surface area (Å²) in [7, 11) is -2.12. The van der Waals surface area contributed by atoms with E-state index in [1.807, 2.05) is 0 Å². The van der Waals surface area contributed by atoms with E-state index in [1.165, 1.54) is 41.2 Å². The first-order valence-corrected chi connectivity index (χ1v) is 7.32. The number of aromatic nitrogens is 2. The summed E-state index contributed by atoms with van der Waals surface area (Å²) in [5.41, 5.74) is 0. The zero-order chi connectivity index (χ0) is 15.5. The zero-order valence-corrected chi connectivity index (χ0v) is 11.9. The van der Waals surface area contributed by atoms with Gasteiger partial charge in [0, 0.05) is 13.1 Å². The highest BCUT2D eigenvalue weighted by Gasteiger charge is 2.15. The van der Waals surface area contributed by atoms with Gasteiger partial charge in [0.05, 0.1) is 11.1 Å². The van der Waals surface area contributed by atoms with Gasteiger partial charge in [-0.3, -0.25) is 9.40 Å². The van der Waals surface area contributed by atoms with Gasteiger partial charge in [-0.15, -0.1) is 0 Å². The minimum atomic E-state index is -3.74. The van der Waals surface area contributed by atoms with E-state index in [-0.39, 0.29) is 10.6 Å². The van der Waals surface area contributed by atoms with E-state index in [4.69, 9.17) is 9.84 Å². The van der Waals surface area contributed by atoms with Crippen molar-refractivity contribution in [2.75, 3.05) is 11.3 Å². The van der Waals surface area contributed by atoms with Crippen LogP contribution in [0.15, 0.2) is 41.4 Å². The highest BCUT2D eigenvalue weighted by Crippen LogP contribution is 2.18. The fourth-order valence-electron chi connectivity index (χ4n) is 1.53. The lowest BCUT2D eigenvalue weighted by atomic mass is 10.3. The van der Waals surface area contributed by atoms with Crippen LogP contribution in [-0.2, 0) is 21.9 Å². The van der Waals surface area contributed by atoms with Gasteiger partial charge in [0.15, 0.2) is 6.61 Å². The molecule has 9 heteroatoms. The maximum atomic E-state index is 12.1. The van der Waals surface area contributed by atoms with Gasteiger partial charge in [0.2, 0.25) is 0 Å². The molecule has 0 radical (unpaired) electrons. The van der Waals surface area contributed by atoms with Crippen molar-refractivity contribution >= 4 is 21.8 Å². The van der Waals surface area contributed by atoms with Gasteiger partial charge in [-0.2, -0.15) is 5.10 Å². The van der Waals surface area contributed by atoms with Crippen molar-refractivity contribution in [2.45, 2.75) is 4.90 Å². The molecule has 2 rings (SSSR count). The number of aryl methyl sites for hydroxylation is 1. The minimum absolute atomic E-state index is 0.0337. The van der Waals surface area contributed by atoms with E-state index in [0.717, 1.165) is 0 Å². The Hall–Kier alpha value is -2.55. The topological polar surface area (TPSA) is 111 Å². The van der Waals surface area contributed by atoms with Crippen LogP contribution in [0.25, 0.3) is 0 Å². The van der Waals surface area contributed by atoms with Crippen LogP contribution in [0.5, 0.6) is 5.75 Å². The summed E-state index contributed by atoms with van der Waals surface area (Å²) < 4.78 is 33.0. The van der Waals surface area contributed by atoms with Crippen LogP contribution in [-0.4, -0.2) is 35.9 Å². The lowest BCUT2D eigenvalue weighted by molar-refractivity contribution is -0.139. The highest BCUT2D eigenvalue weighted by molar-refractivity contribution is 7.92. The Labute approximate surface area is 121 Å². The van der Waals surface area contributed by atoms with E-state index in [1.54, 1.807) is 7.05 Å². The van der Waals surface area contributed by atoms with Gasteiger partial charge >= 0.3 is 5.97 Å². The molecule has 1 aromatic carbocycles. The summed E-state index contributed by atoms with van der Waals surface area (Å²) in [6.07, 6.45) is 1.47. The number of benzene rings is 1. The third-order valence-corrected chi connectivity index (χ3v) is 3.93. The summed E-state index contributed by atoms with van der Waals surface area (Å²) in [5.74, 6) is -0.498. The fourth-order valence-corrected chi connectivity index (χ4v) is 2.62. The average Bonchev–Trinajstić information content (AvgIpc) is 2.82. The van der Waals surface area contributed by atoms with Crippen molar-refractivity contribution in [1.29, 1.82) is 0 Å². The SMILES string of the molecule is Cn1nccc1NS(=O)(=O)c1ccc(OCC(=O)O)cc1. The van der Waals surface area contributed by atoms with Crippen LogP contribution < -0.4 is 9.46 Å². The van der Waals surface area contributed by atoms with Crippen LogP contribution in [0.3, 0.4) is 0 Å². The molecule has 0 aliphatic heterocycles. The predicted molar refractivity (Wildman–Crippen MR) is 73.6 cm³/mol. The third-order valence-electron chi connectivity index (χ3n) is 2.56. The van der Waals surface area contributed by atoms with Gasteiger partial charge in [0.1, 0.15) is 11.6 Å². The molecule has 112 valence electrons. The molecule has 0 aliphatic rings. The first kappa shape index (κ1) is 14.9. The highest BCUT2D eigenvalue weighted by atomic mass is 32.2. The largest absolute Gasteiger partial charge is 0.482 e. The van der Waals surface area contributed by atoms with E-state index in [9.17, 15) is 13.2 Å². The van der Waals surface area contributed by atoms with E-state index in [2.05, 4.69) is 9.82 Å². The molecule has 0 spiro atoms. The lowest BCUT2D eigenvalue weighted by Gasteiger charge is -2.09. The first-order valence-electron chi connectivity index (χ1n) is 5.84. The van der Waals surface area contributed by atoms with E-state index in [0.29, 0.717) is 5.82 Å². The third kappa shape index (κ3) is 3.72. The number of anilines is 1. The van der Waals surface area contributed by atoms with Crippen molar-refractivity contribution in [1.82, 2.24) is 9.78 Å². The summed E-state index contributed by atoms with van der Waals surface area (Å²) in [6.45, 7) is -0.487. The number of ether oxygens (including phenoxy) is 1. The maximum absolute atomic E-state index is 12.1. The van der Waals surface area contributed by atoms with Crippen molar-refractivity contribution in [3.8, 4) is 5.75 Å².